The standard InChI is InChI=1S/C12H20N4S/c1-10(2)11-9-17-12(15-11)13-5-3-7-16-8-4-6-14-16/h4,6,8,10-11H,3,5,7,9H2,1-2H3,(H,13,15)/t11-/m1/s1. The third-order valence-electron chi connectivity index (χ3n) is 2.87. The molecule has 2 rings (SSSR count). The van der Waals surface area contributed by atoms with Gasteiger partial charge in [0.05, 0.1) is 0 Å². The van der Waals surface area contributed by atoms with Crippen LogP contribution in [0.2, 0.25) is 0 Å². The van der Waals surface area contributed by atoms with Crippen LogP contribution in [0.25, 0.3) is 0 Å². The van der Waals surface area contributed by atoms with Gasteiger partial charge in [0, 0.05) is 37.3 Å². The first kappa shape index (κ1) is 12.5. The topological polar surface area (TPSA) is 42.2 Å². The molecule has 0 amide bonds. The van der Waals surface area contributed by atoms with Gasteiger partial charge in [-0.2, -0.15) is 5.10 Å². The average Bonchev–Trinajstić information content (AvgIpc) is 2.96. The van der Waals surface area contributed by atoms with Gasteiger partial charge < -0.3 is 5.32 Å². The van der Waals surface area contributed by atoms with E-state index < -0.39 is 0 Å². The average molecular weight is 252 g/mol. The summed E-state index contributed by atoms with van der Waals surface area (Å²) in [6.07, 6.45) is 4.85. The predicted octanol–water partition coefficient (Wildman–Crippen LogP) is 1.99. The lowest BCUT2D eigenvalue weighted by molar-refractivity contribution is 0.502. The summed E-state index contributed by atoms with van der Waals surface area (Å²) in [5, 5.41) is 8.76. The van der Waals surface area contributed by atoms with E-state index in [0.29, 0.717) is 12.0 Å². The second kappa shape index (κ2) is 6.10. The number of nitrogens with one attached hydrogen (secondary N) is 1. The lowest BCUT2D eigenvalue weighted by Gasteiger charge is -2.13. The minimum Gasteiger partial charge on any atom is -0.361 e. The van der Waals surface area contributed by atoms with Gasteiger partial charge in [-0.25, -0.2) is 0 Å². The summed E-state index contributed by atoms with van der Waals surface area (Å²) in [4.78, 5) is 4.58. The van der Waals surface area contributed by atoms with Gasteiger partial charge in [-0.05, 0) is 18.4 Å². The number of thioether (sulfide) groups is 1. The van der Waals surface area contributed by atoms with Crippen molar-refractivity contribution >= 4 is 16.9 Å². The van der Waals surface area contributed by atoms with E-state index in [9.17, 15) is 0 Å². The van der Waals surface area contributed by atoms with Crippen LogP contribution in [-0.2, 0) is 6.54 Å². The van der Waals surface area contributed by atoms with Crippen LogP contribution in [0.3, 0.4) is 0 Å². The zero-order valence-corrected chi connectivity index (χ0v) is 11.3. The number of nitrogens with zero attached hydrogens (tertiary/aromatic N) is 3. The summed E-state index contributed by atoms with van der Waals surface area (Å²) >= 11 is 1.84. The molecule has 1 N–H and O–H groups in total. The fourth-order valence-corrected chi connectivity index (χ4v) is 2.93. The van der Waals surface area contributed by atoms with Gasteiger partial charge in [0.1, 0.15) is 0 Å². The van der Waals surface area contributed by atoms with Crippen LogP contribution in [0, 0.1) is 5.92 Å². The number of hydrogen-bond acceptors (Lipinski definition) is 3. The minimum absolute atomic E-state index is 0.588. The van der Waals surface area contributed by atoms with Crippen LogP contribution in [0.4, 0.5) is 0 Å². The SMILES string of the molecule is CC(C)[C@H]1CSC(=NCCCn2cccn2)N1. The summed E-state index contributed by atoms with van der Waals surface area (Å²) in [7, 11) is 0. The van der Waals surface area contributed by atoms with E-state index in [4.69, 9.17) is 0 Å². The highest BCUT2D eigenvalue weighted by Gasteiger charge is 2.22. The van der Waals surface area contributed by atoms with Gasteiger partial charge in [0.25, 0.3) is 0 Å². The molecule has 4 nitrogen and oxygen atoms in total. The summed E-state index contributed by atoms with van der Waals surface area (Å²) in [5.41, 5.74) is 0. The van der Waals surface area contributed by atoms with Crippen LogP contribution in [0.1, 0.15) is 20.3 Å². The lowest BCUT2D eigenvalue weighted by atomic mass is 10.1. The Kier molecular flexibility index (Phi) is 4.48. The van der Waals surface area contributed by atoms with Crippen LogP contribution < -0.4 is 5.32 Å². The molecule has 0 bridgehead atoms. The summed E-state index contributed by atoms with van der Waals surface area (Å²) < 4.78 is 1.95. The molecule has 1 atom stereocenters. The maximum atomic E-state index is 4.58. The van der Waals surface area contributed by atoms with Crippen molar-refractivity contribution in [3.63, 3.8) is 0 Å². The first-order valence-corrected chi connectivity index (χ1v) is 7.15. The molecule has 1 aliphatic rings. The van der Waals surface area contributed by atoms with E-state index in [1.54, 1.807) is 0 Å². The molecule has 2 heterocycles. The van der Waals surface area contributed by atoms with Crippen molar-refractivity contribution < 1.29 is 0 Å². The molecule has 1 saturated heterocycles. The first-order chi connectivity index (χ1) is 8.25. The Labute approximate surface area is 107 Å². The Hall–Kier alpha value is -0.970. The van der Waals surface area contributed by atoms with E-state index in [1.165, 1.54) is 0 Å². The highest BCUT2D eigenvalue weighted by Crippen LogP contribution is 2.18. The molecule has 0 aromatic carbocycles. The maximum Gasteiger partial charge on any atom is 0.156 e. The Morgan fingerprint density at radius 1 is 1.65 bits per heavy atom. The zero-order chi connectivity index (χ0) is 12.1. The van der Waals surface area contributed by atoms with Gasteiger partial charge in [-0.1, -0.05) is 25.6 Å². The van der Waals surface area contributed by atoms with Crippen LogP contribution >= 0.6 is 11.8 Å². The predicted molar refractivity (Wildman–Crippen MR) is 73.4 cm³/mol. The van der Waals surface area contributed by atoms with E-state index in [1.807, 2.05) is 34.9 Å². The molecule has 0 spiro atoms. The summed E-state index contributed by atoms with van der Waals surface area (Å²) in [6, 6.07) is 2.54. The second-order valence-corrected chi connectivity index (χ2v) is 5.62. The molecular formula is C12H20N4S. The number of aromatic nitrogens is 2. The molecule has 0 unspecified atom stereocenters. The molecule has 0 saturated carbocycles. The van der Waals surface area contributed by atoms with Gasteiger partial charge in [0.15, 0.2) is 5.17 Å². The van der Waals surface area contributed by atoms with E-state index >= 15 is 0 Å². The highest BCUT2D eigenvalue weighted by molar-refractivity contribution is 8.14. The molecule has 0 radical (unpaired) electrons. The molecule has 5 heteroatoms. The summed E-state index contributed by atoms with van der Waals surface area (Å²) in [5.74, 6) is 1.83. The highest BCUT2D eigenvalue weighted by atomic mass is 32.2. The smallest absolute Gasteiger partial charge is 0.156 e. The van der Waals surface area contributed by atoms with Gasteiger partial charge in [0.2, 0.25) is 0 Å². The van der Waals surface area contributed by atoms with E-state index in [-0.39, 0.29) is 0 Å². The first-order valence-electron chi connectivity index (χ1n) is 6.17. The maximum absolute atomic E-state index is 4.58. The van der Waals surface area contributed by atoms with Gasteiger partial charge in [-0.15, -0.1) is 0 Å². The van der Waals surface area contributed by atoms with Crippen LogP contribution in [-0.4, -0.2) is 33.3 Å². The lowest BCUT2D eigenvalue weighted by Crippen LogP contribution is -2.31. The van der Waals surface area contributed by atoms with Crippen molar-refractivity contribution in [2.24, 2.45) is 10.9 Å². The normalized spacial score (nSPS) is 22.3. The molecule has 17 heavy (non-hydrogen) atoms. The minimum atomic E-state index is 0.588. The van der Waals surface area contributed by atoms with Crippen molar-refractivity contribution in [3.8, 4) is 0 Å². The van der Waals surface area contributed by atoms with Gasteiger partial charge >= 0.3 is 0 Å². The van der Waals surface area contributed by atoms with Crippen LogP contribution in [0.15, 0.2) is 23.5 Å². The van der Waals surface area contributed by atoms with Crippen molar-refractivity contribution in [2.75, 3.05) is 12.3 Å². The molecule has 1 aliphatic heterocycles. The van der Waals surface area contributed by atoms with Crippen molar-refractivity contribution in [1.29, 1.82) is 0 Å². The molecule has 94 valence electrons. The van der Waals surface area contributed by atoms with Gasteiger partial charge in [-0.3, -0.25) is 9.67 Å². The Balaban J connectivity index is 1.68. The number of amidine groups is 1. The number of aliphatic imine (C=N–C) groups is 1. The zero-order valence-electron chi connectivity index (χ0n) is 10.5. The number of hydrogen-bond donors (Lipinski definition) is 1. The Morgan fingerprint density at radius 3 is 3.18 bits per heavy atom. The van der Waals surface area contributed by atoms with Crippen molar-refractivity contribution in [2.45, 2.75) is 32.9 Å². The second-order valence-electron chi connectivity index (χ2n) is 4.62. The fraction of sp³-hybridized carbons (Fsp3) is 0.667. The molecule has 1 aromatic heterocycles. The van der Waals surface area contributed by atoms with Crippen molar-refractivity contribution in [3.05, 3.63) is 18.5 Å². The van der Waals surface area contributed by atoms with Crippen LogP contribution in [0.5, 0.6) is 0 Å². The number of rotatable bonds is 5. The van der Waals surface area contributed by atoms with E-state index in [2.05, 4.69) is 29.3 Å². The summed E-state index contributed by atoms with van der Waals surface area (Å²) in [6.45, 7) is 6.32. The van der Waals surface area contributed by atoms with E-state index in [0.717, 1.165) is 30.4 Å². The van der Waals surface area contributed by atoms with Crippen molar-refractivity contribution in [1.82, 2.24) is 15.1 Å². The molecule has 1 aromatic rings. The Morgan fingerprint density at radius 2 is 2.53 bits per heavy atom. The quantitative estimate of drug-likeness (QED) is 0.815. The monoisotopic (exact) mass is 252 g/mol. The number of aryl methyl sites for hydroxylation is 1. The molecular weight excluding hydrogens is 232 g/mol. The fourth-order valence-electron chi connectivity index (χ4n) is 1.71. The largest absolute Gasteiger partial charge is 0.361 e. The third-order valence-corrected chi connectivity index (χ3v) is 3.92. The third kappa shape index (κ3) is 3.77. The molecule has 0 aliphatic carbocycles. The molecule has 1 fully saturated rings. The Bertz CT molecular complexity index is 359.